The van der Waals surface area contributed by atoms with Crippen LogP contribution in [0.3, 0.4) is 0 Å². The van der Waals surface area contributed by atoms with E-state index in [1.165, 1.54) is 19.0 Å². The Bertz CT molecular complexity index is 759. The van der Waals surface area contributed by atoms with Crippen molar-refractivity contribution >= 4 is 28.5 Å². The lowest BCUT2D eigenvalue weighted by atomic mass is 10.2. The number of nitrogens with zero attached hydrogens (tertiary/aromatic N) is 2. The van der Waals surface area contributed by atoms with E-state index in [-0.39, 0.29) is 28.6 Å². The average molecular weight is 357 g/mol. The van der Waals surface area contributed by atoms with Crippen molar-refractivity contribution < 1.29 is 28.2 Å². The molecule has 1 heterocycles. The number of amides is 2. The van der Waals surface area contributed by atoms with Gasteiger partial charge in [0.25, 0.3) is 0 Å². The molecule has 0 atom stereocenters. The molecule has 7 nitrogen and oxygen atoms in total. The predicted octanol–water partition coefficient (Wildman–Crippen LogP) is 2.79. The molecule has 1 aromatic carbocycles. The number of hydrogen-bond acceptors (Lipinski definition) is 5. The number of carboxylic acids is 1. The van der Waals surface area contributed by atoms with Gasteiger partial charge >= 0.3 is 12.0 Å². The standard InChI is InChI=1S/C14H13F2N3O4S/c1-19(2)14(22)17-12-10(13(20)21)11(18-24-12)23-6-7-3-8(15)5-9(16)4-7/h3-5H,6H2,1-2H3,(H,17,22)(H,20,21). The van der Waals surface area contributed by atoms with Crippen LogP contribution >= 0.6 is 11.5 Å². The highest BCUT2D eigenvalue weighted by atomic mass is 32.1. The third-order valence-electron chi connectivity index (χ3n) is 2.80. The molecular formula is C14H13F2N3O4S. The molecule has 2 rings (SSSR count). The molecule has 1 aromatic heterocycles. The van der Waals surface area contributed by atoms with Crippen LogP contribution in [0.4, 0.5) is 18.6 Å². The summed E-state index contributed by atoms with van der Waals surface area (Å²) in [5, 5.41) is 11.7. The van der Waals surface area contributed by atoms with E-state index in [4.69, 9.17) is 4.74 Å². The molecule has 2 N–H and O–H groups in total. The van der Waals surface area contributed by atoms with Gasteiger partial charge in [0.05, 0.1) is 0 Å². The molecule has 0 radical (unpaired) electrons. The molecule has 0 bridgehead atoms. The van der Waals surface area contributed by atoms with Crippen LogP contribution in [0.15, 0.2) is 18.2 Å². The summed E-state index contributed by atoms with van der Waals surface area (Å²) in [5.41, 5.74) is -0.150. The van der Waals surface area contributed by atoms with E-state index < -0.39 is 23.6 Å². The number of rotatable bonds is 5. The highest BCUT2D eigenvalue weighted by Gasteiger charge is 2.24. The average Bonchev–Trinajstić information content (AvgIpc) is 2.86. The predicted molar refractivity (Wildman–Crippen MR) is 82.5 cm³/mol. The summed E-state index contributed by atoms with van der Waals surface area (Å²) >= 11 is 0.729. The number of anilines is 1. The first kappa shape index (κ1) is 17.6. The van der Waals surface area contributed by atoms with Gasteiger partial charge in [0.15, 0.2) is 5.56 Å². The number of urea groups is 1. The van der Waals surface area contributed by atoms with Crippen LogP contribution in [0.1, 0.15) is 15.9 Å². The topological polar surface area (TPSA) is 91.8 Å². The fourth-order valence-electron chi connectivity index (χ4n) is 1.70. The van der Waals surface area contributed by atoms with Crippen molar-refractivity contribution in [1.29, 1.82) is 0 Å². The van der Waals surface area contributed by atoms with Crippen LogP contribution < -0.4 is 10.1 Å². The quantitative estimate of drug-likeness (QED) is 0.858. The number of ether oxygens (including phenoxy) is 1. The maximum atomic E-state index is 13.1. The zero-order valence-electron chi connectivity index (χ0n) is 12.7. The number of hydrogen-bond donors (Lipinski definition) is 2. The van der Waals surface area contributed by atoms with Gasteiger partial charge in [0.1, 0.15) is 23.2 Å². The molecule has 0 spiro atoms. The van der Waals surface area contributed by atoms with Crippen LogP contribution in [0.25, 0.3) is 0 Å². The Morgan fingerprint density at radius 3 is 2.46 bits per heavy atom. The number of benzene rings is 1. The minimum atomic E-state index is -1.35. The Morgan fingerprint density at radius 1 is 1.29 bits per heavy atom. The van der Waals surface area contributed by atoms with Gasteiger partial charge in [-0.05, 0) is 29.2 Å². The molecule has 24 heavy (non-hydrogen) atoms. The summed E-state index contributed by atoms with van der Waals surface area (Å²) < 4.78 is 35.3. The van der Waals surface area contributed by atoms with Gasteiger partial charge in [-0.3, -0.25) is 5.32 Å². The maximum Gasteiger partial charge on any atom is 0.344 e. The van der Waals surface area contributed by atoms with Gasteiger partial charge in [-0.2, -0.15) is 4.37 Å². The minimum absolute atomic E-state index is 0.00150. The molecular weight excluding hydrogens is 344 g/mol. The fourth-order valence-corrected chi connectivity index (χ4v) is 2.42. The molecule has 0 unspecified atom stereocenters. The lowest BCUT2D eigenvalue weighted by Gasteiger charge is -2.11. The molecule has 0 aliphatic carbocycles. The summed E-state index contributed by atoms with van der Waals surface area (Å²) in [7, 11) is 2.99. The van der Waals surface area contributed by atoms with Crippen molar-refractivity contribution in [1.82, 2.24) is 9.27 Å². The monoisotopic (exact) mass is 357 g/mol. The van der Waals surface area contributed by atoms with Crippen LogP contribution in [0, 0.1) is 11.6 Å². The third-order valence-corrected chi connectivity index (χ3v) is 3.55. The van der Waals surface area contributed by atoms with Crippen molar-refractivity contribution in [2.75, 3.05) is 19.4 Å². The largest absolute Gasteiger partial charge is 0.477 e. The number of aromatic nitrogens is 1. The Labute approximate surface area is 139 Å². The first-order valence-electron chi connectivity index (χ1n) is 6.57. The van der Waals surface area contributed by atoms with E-state index in [9.17, 15) is 23.5 Å². The van der Waals surface area contributed by atoms with Crippen LogP contribution in [0.2, 0.25) is 0 Å². The van der Waals surface area contributed by atoms with E-state index in [0.29, 0.717) is 6.07 Å². The molecule has 0 saturated heterocycles. The van der Waals surface area contributed by atoms with E-state index in [2.05, 4.69) is 9.69 Å². The normalized spacial score (nSPS) is 10.3. The minimum Gasteiger partial charge on any atom is -0.477 e. The number of carboxylic acid groups (broad SMARTS) is 1. The van der Waals surface area contributed by atoms with Gasteiger partial charge in [0.2, 0.25) is 5.88 Å². The van der Waals surface area contributed by atoms with Gasteiger partial charge in [-0.1, -0.05) is 0 Å². The molecule has 2 aromatic rings. The van der Waals surface area contributed by atoms with Crippen molar-refractivity contribution in [3.05, 3.63) is 41.0 Å². The lowest BCUT2D eigenvalue weighted by molar-refractivity contribution is 0.0693. The van der Waals surface area contributed by atoms with Crippen LogP contribution in [-0.4, -0.2) is 40.5 Å². The zero-order valence-corrected chi connectivity index (χ0v) is 13.5. The number of halogens is 2. The second-order valence-corrected chi connectivity index (χ2v) is 5.66. The molecule has 0 fully saturated rings. The number of carbonyl (C=O) groups is 2. The molecule has 0 saturated carbocycles. The van der Waals surface area contributed by atoms with Crippen molar-refractivity contribution in [3.8, 4) is 5.88 Å². The summed E-state index contributed by atoms with van der Waals surface area (Å²) in [6.45, 7) is -0.278. The first-order valence-corrected chi connectivity index (χ1v) is 7.34. The molecule has 0 aliphatic heterocycles. The van der Waals surface area contributed by atoms with Crippen molar-refractivity contribution in [2.24, 2.45) is 0 Å². The fraction of sp³-hybridized carbons (Fsp3) is 0.214. The van der Waals surface area contributed by atoms with Gasteiger partial charge < -0.3 is 14.7 Å². The van der Waals surface area contributed by atoms with Crippen LogP contribution in [0.5, 0.6) is 5.88 Å². The highest BCUT2D eigenvalue weighted by molar-refractivity contribution is 7.11. The third kappa shape index (κ3) is 4.16. The smallest absolute Gasteiger partial charge is 0.344 e. The lowest BCUT2D eigenvalue weighted by Crippen LogP contribution is -2.27. The molecule has 128 valence electrons. The van der Waals surface area contributed by atoms with E-state index in [0.717, 1.165) is 23.7 Å². The maximum absolute atomic E-state index is 13.1. The SMILES string of the molecule is CN(C)C(=O)Nc1snc(OCc2cc(F)cc(F)c2)c1C(=O)O. The Balaban J connectivity index is 2.19. The Morgan fingerprint density at radius 2 is 1.92 bits per heavy atom. The van der Waals surface area contributed by atoms with E-state index in [1.807, 2.05) is 0 Å². The van der Waals surface area contributed by atoms with E-state index in [1.54, 1.807) is 0 Å². The van der Waals surface area contributed by atoms with Crippen LogP contribution in [-0.2, 0) is 6.61 Å². The van der Waals surface area contributed by atoms with E-state index >= 15 is 0 Å². The number of nitrogens with one attached hydrogen (secondary N) is 1. The summed E-state index contributed by atoms with van der Waals surface area (Å²) in [5.74, 6) is -3.14. The number of carbonyl (C=O) groups excluding carboxylic acids is 1. The summed E-state index contributed by atoms with van der Waals surface area (Å²) in [4.78, 5) is 24.2. The number of aromatic carboxylic acids is 1. The molecule has 0 aliphatic rings. The van der Waals surface area contributed by atoms with Crippen molar-refractivity contribution in [2.45, 2.75) is 6.61 Å². The van der Waals surface area contributed by atoms with Crippen molar-refractivity contribution in [3.63, 3.8) is 0 Å². The van der Waals surface area contributed by atoms with Gasteiger partial charge in [-0.25, -0.2) is 18.4 Å². The van der Waals surface area contributed by atoms with Gasteiger partial charge in [-0.15, -0.1) is 0 Å². The Kier molecular flexibility index (Phi) is 5.29. The molecule has 2 amide bonds. The highest BCUT2D eigenvalue weighted by Crippen LogP contribution is 2.31. The van der Waals surface area contributed by atoms with Gasteiger partial charge in [0, 0.05) is 20.2 Å². The first-order chi connectivity index (χ1) is 11.3. The second-order valence-electron chi connectivity index (χ2n) is 4.89. The summed E-state index contributed by atoms with van der Waals surface area (Å²) in [6, 6.07) is 2.30. The summed E-state index contributed by atoms with van der Waals surface area (Å²) in [6.07, 6.45) is 0. The second kappa shape index (κ2) is 7.21. The Hall–Kier alpha value is -2.75. The molecule has 10 heteroatoms. The zero-order chi connectivity index (χ0) is 17.9.